The molecule has 0 aromatic heterocycles. The number of carbonyl (C=O) groups excluding carboxylic acids is 2. The van der Waals surface area contributed by atoms with Crippen molar-refractivity contribution in [3.05, 3.63) is 29.8 Å². The lowest BCUT2D eigenvalue weighted by atomic mass is 10.2. The van der Waals surface area contributed by atoms with Crippen LogP contribution in [-0.4, -0.2) is 60.6 Å². The van der Waals surface area contributed by atoms with Gasteiger partial charge in [-0.2, -0.15) is 0 Å². The number of hydrogen-bond donors (Lipinski definition) is 1. The Labute approximate surface area is 137 Å². The minimum Gasteiger partial charge on any atom is -0.484 e. The molecular formula is C17H25N3O3. The van der Waals surface area contributed by atoms with Gasteiger partial charge in [-0.15, -0.1) is 0 Å². The summed E-state index contributed by atoms with van der Waals surface area (Å²) in [5, 5.41) is 2.87. The second kappa shape index (κ2) is 7.85. The first-order valence-electron chi connectivity index (χ1n) is 7.98. The quantitative estimate of drug-likeness (QED) is 0.917. The van der Waals surface area contributed by atoms with Crippen LogP contribution < -0.4 is 10.1 Å². The Morgan fingerprint density at radius 3 is 2.43 bits per heavy atom. The highest BCUT2D eigenvalue weighted by atomic mass is 16.5. The third kappa shape index (κ3) is 5.16. The molecule has 0 saturated carbocycles. The fourth-order valence-corrected chi connectivity index (χ4v) is 2.44. The lowest BCUT2D eigenvalue weighted by Gasteiger charge is -2.35. The van der Waals surface area contributed by atoms with Crippen LogP contribution in [0, 0.1) is 6.92 Å². The molecule has 0 radical (unpaired) electrons. The smallest absolute Gasteiger partial charge is 0.317 e. The maximum atomic E-state index is 12.2. The third-order valence-electron chi connectivity index (χ3n) is 3.68. The molecule has 1 heterocycles. The Balaban J connectivity index is 1.76. The summed E-state index contributed by atoms with van der Waals surface area (Å²) >= 11 is 0. The molecule has 1 aromatic carbocycles. The summed E-state index contributed by atoms with van der Waals surface area (Å²) in [5.41, 5.74) is 1.10. The van der Waals surface area contributed by atoms with Gasteiger partial charge in [-0.25, -0.2) is 4.79 Å². The number of rotatable bonds is 4. The van der Waals surface area contributed by atoms with Crippen LogP contribution >= 0.6 is 0 Å². The van der Waals surface area contributed by atoms with Gasteiger partial charge in [-0.3, -0.25) is 4.79 Å². The fourth-order valence-electron chi connectivity index (χ4n) is 2.44. The van der Waals surface area contributed by atoms with Gasteiger partial charge in [0.15, 0.2) is 6.61 Å². The van der Waals surface area contributed by atoms with E-state index < -0.39 is 0 Å². The summed E-state index contributed by atoms with van der Waals surface area (Å²) in [6, 6.07) is 7.68. The molecule has 6 nitrogen and oxygen atoms in total. The van der Waals surface area contributed by atoms with Gasteiger partial charge in [0.25, 0.3) is 5.91 Å². The topological polar surface area (TPSA) is 61.9 Å². The molecule has 3 amide bonds. The zero-order chi connectivity index (χ0) is 16.8. The van der Waals surface area contributed by atoms with Crippen LogP contribution in [0.4, 0.5) is 4.79 Å². The van der Waals surface area contributed by atoms with E-state index in [1.54, 1.807) is 9.80 Å². The molecule has 0 bridgehead atoms. The second-order valence-corrected chi connectivity index (χ2v) is 6.08. The average Bonchev–Trinajstić information content (AvgIpc) is 2.52. The van der Waals surface area contributed by atoms with Crippen LogP contribution in [0.2, 0.25) is 0 Å². The minimum atomic E-state index is -0.0666. The van der Waals surface area contributed by atoms with Gasteiger partial charge in [0.2, 0.25) is 0 Å². The average molecular weight is 319 g/mol. The lowest BCUT2D eigenvalue weighted by molar-refractivity contribution is -0.134. The third-order valence-corrected chi connectivity index (χ3v) is 3.68. The molecule has 2 rings (SSSR count). The Morgan fingerprint density at radius 1 is 1.17 bits per heavy atom. The molecule has 0 spiro atoms. The maximum Gasteiger partial charge on any atom is 0.317 e. The molecule has 1 fully saturated rings. The molecule has 126 valence electrons. The Hall–Kier alpha value is -2.24. The highest BCUT2D eigenvalue weighted by Gasteiger charge is 2.24. The normalized spacial score (nSPS) is 14.8. The van der Waals surface area contributed by atoms with Crippen molar-refractivity contribution in [2.45, 2.75) is 26.8 Å². The van der Waals surface area contributed by atoms with E-state index >= 15 is 0 Å². The van der Waals surface area contributed by atoms with E-state index in [4.69, 9.17) is 4.74 Å². The zero-order valence-electron chi connectivity index (χ0n) is 14.0. The van der Waals surface area contributed by atoms with Crippen molar-refractivity contribution in [1.29, 1.82) is 0 Å². The molecule has 1 N–H and O–H groups in total. The first-order chi connectivity index (χ1) is 11.0. The monoisotopic (exact) mass is 319 g/mol. The fraction of sp³-hybridized carbons (Fsp3) is 0.529. The Kier molecular flexibility index (Phi) is 5.84. The van der Waals surface area contributed by atoms with Crippen LogP contribution in [0.5, 0.6) is 5.75 Å². The molecule has 23 heavy (non-hydrogen) atoms. The van der Waals surface area contributed by atoms with Crippen LogP contribution in [-0.2, 0) is 4.79 Å². The van der Waals surface area contributed by atoms with Gasteiger partial charge in [0, 0.05) is 32.2 Å². The summed E-state index contributed by atoms with van der Waals surface area (Å²) in [5.74, 6) is 0.656. The van der Waals surface area contributed by atoms with E-state index in [9.17, 15) is 9.59 Å². The summed E-state index contributed by atoms with van der Waals surface area (Å²) < 4.78 is 5.54. The number of benzene rings is 1. The molecule has 1 aromatic rings. The van der Waals surface area contributed by atoms with E-state index in [0.29, 0.717) is 31.9 Å². The predicted octanol–water partition coefficient (Wildman–Crippen LogP) is 1.64. The number of piperazine rings is 1. The molecule has 1 aliphatic rings. The van der Waals surface area contributed by atoms with Crippen molar-refractivity contribution >= 4 is 11.9 Å². The molecule has 1 saturated heterocycles. The number of hydrogen-bond acceptors (Lipinski definition) is 3. The number of nitrogens with one attached hydrogen (secondary N) is 1. The zero-order valence-corrected chi connectivity index (χ0v) is 14.0. The second-order valence-electron chi connectivity index (χ2n) is 6.08. The Morgan fingerprint density at radius 2 is 1.83 bits per heavy atom. The van der Waals surface area contributed by atoms with E-state index in [1.165, 1.54) is 0 Å². The minimum absolute atomic E-state index is 0.0294. The summed E-state index contributed by atoms with van der Waals surface area (Å²) in [7, 11) is 0. The summed E-state index contributed by atoms with van der Waals surface area (Å²) in [6.45, 7) is 8.06. The number of nitrogens with zero attached hydrogens (tertiary/aromatic N) is 2. The molecule has 0 unspecified atom stereocenters. The SMILES string of the molecule is Cc1cccc(OCC(=O)N2CCN(C(=O)NC(C)C)CC2)c1. The van der Waals surface area contributed by atoms with E-state index in [0.717, 1.165) is 5.56 Å². The number of aryl methyl sites for hydroxylation is 1. The van der Waals surface area contributed by atoms with Gasteiger partial charge in [0.1, 0.15) is 5.75 Å². The molecular weight excluding hydrogens is 294 g/mol. The van der Waals surface area contributed by atoms with Crippen LogP contribution in [0.25, 0.3) is 0 Å². The first kappa shape index (κ1) is 17.1. The van der Waals surface area contributed by atoms with Gasteiger partial charge < -0.3 is 19.9 Å². The van der Waals surface area contributed by atoms with Crippen molar-refractivity contribution < 1.29 is 14.3 Å². The van der Waals surface area contributed by atoms with Gasteiger partial charge in [0.05, 0.1) is 0 Å². The largest absolute Gasteiger partial charge is 0.484 e. The van der Waals surface area contributed by atoms with Crippen molar-refractivity contribution in [1.82, 2.24) is 15.1 Å². The standard InChI is InChI=1S/C17H25N3O3/c1-13(2)18-17(22)20-9-7-19(8-10-20)16(21)12-23-15-6-4-5-14(3)11-15/h4-6,11,13H,7-10,12H2,1-3H3,(H,18,22). The highest BCUT2D eigenvalue weighted by Crippen LogP contribution is 2.12. The van der Waals surface area contributed by atoms with Gasteiger partial charge >= 0.3 is 6.03 Å². The molecule has 0 atom stereocenters. The number of ether oxygens (including phenoxy) is 1. The predicted molar refractivity (Wildman–Crippen MR) is 88.5 cm³/mol. The first-order valence-corrected chi connectivity index (χ1v) is 7.98. The van der Waals surface area contributed by atoms with Crippen LogP contribution in [0.15, 0.2) is 24.3 Å². The van der Waals surface area contributed by atoms with Gasteiger partial charge in [-0.05, 0) is 38.5 Å². The van der Waals surface area contributed by atoms with E-state index in [2.05, 4.69) is 5.32 Å². The summed E-state index contributed by atoms with van der Waals surface area (Å²) in [6.07, 6.45) is 0. The maximum absolute atomic E-state index is 12.2. The lowest BCUT2D eigenvalue weighted by Crippen LogP contribution is -2.54. The van der Waals surface area contributed by atoms with E-state index in [1.807, 2.05) is 45.0 Å². The van der Waals surface area contributed by atoms with E-state index in [-0.39, 0.29) is 24.6 Å². The molecule has 6 heteroatoms. The number of amides is 3. The van der Waals surface area contributed by atoms with Crippen molar-refractivity contribution in [3.8, 4) is 5.75 Å². The van der Waals surface area contributed by atoms with Crippen molar-refractivity contribution in [2.24, 2.45) is 0 Å². The van der Waals surface area contributed by atoms with Crippen LogP contribution in [0.1, 0.15) is 19.4 Å². The highest BCUT2D eigenvalue weighted by molar-refractivity contribution is 5.79. The molecule has 0 aliphatic carbocycles. The Bertz CT molecular complexity index is 552. The van der Waals surface area contributed by atoms with Crippen LogP contribution in [0.3, 0.4) is 0 Å². The molecule has 1 aliphatic heterocycles. The summed E-state index contributed by atoms with van der Waals surface area (Å²) in [4.78, 5) is 27.6. The van der Waals surface area contributed by atoms with Gasteiger partial charge in [-0.1, -0.05) is 12.1 Å². The van der Waals surface area contributed by atoms with Crippen molar-refractivity contribution in [2.75, 3.05) is 32.8 Å². The number of urea groups is 1. The van der Waals surface area contributed by atoms with Crippen molar-refractivity contribution in [3.63, 3.8) is 0 Å². The number of carbonyl (C=O) groups is 2.